The van der Waals surface area contributed by atoms with Gasteiger partial charge in [-0.05, 0) is 12.5 Å². The third-order valence-electron chi connectivity index (χ3n) is 2.10. The van der Waals surface area contributed by atoms with E-state index in [-0.39, 0.29) is 23.2 Å². The average Bonchev–Trinajstić information content (AvgIpc) is 2.30. The van der Waals surface area contributed by atoms with Crippen LogP contribution in [0.15, 0.2) is 17.1 Å². The minimum Gasteiger partial charge on any atom is -0.490 e. The molecule has 0 aromatic heterocycles. The summed E-state index contributed by atoms with van der Waals surface area (Å²) in [4.78, 5) is 14.3. The number of methoxy groups -OCH3 is 1. The van der Waals surface area contributed by atoms with E-state index in [2.05, 4.69) is 4.99 Å². The van der Waals surface area contributed by atoms with Gasteiger partial charge < -0.3 is 10.5 Å². The number of aliphatic imine (C=N–C) groups is 1. The Kier molecular flexibility index (Phi) is 4.28. The van der Waals surface area contributed by atoms with Crippen LogP contribution in [0.5, 0.6) is 5.75 Å². The SMILES string of the molecule is COc1cc(N=C(N)CCl)c(C)cc1[N+](=O)[O-]. The highest BCUT2D eigenvalue weighted by Gasteiger charge is 2.17. The first-order chi connectivity index (χ1) is 7.99. The standard InChI is InChI=1S/C10H12ClN3O3/c1-6-3-8(14(15)16)9(17-2)4-7(6)13-10(12)5-11/h3-4H,5H2,1-2H3,(H2,12,13). The molecule has 2 N–H and O–H groups in total. The Bertz CT molecular complexity index is 474. The van der Waals surface area contributed by atoms with Gasteiger partial charge in [-0.2, -0.15) is 0 Å². The molecule has 0 bridgehead atoms. The number of ether oxygens (including phenoxy) is 1. The highest BCUT2D eigenvalue weighted by atomic mass is 35.5. The molecule has 1 aromatic carbocycles. The number of benzene rings is 1. The maximum atomic E-state index is 10.8. The predicted octanol–water partition coefficient (Wildman–Crippen LogP) is 2.14. The van der Waals surface area contributed by atoms with E-state index >= 15 is 0 Å². The summed E-state index contributed by atoms with van der Waals surface area (Å²) in [6.07, 6.45) is 0. The Hall–Kier alpha value is -1.82. The van der Waals surface area contributed by atoms with Gasteiger partial charge in [0.1, 0.15) is 5.84 Å². The molecule has 0 radical (unpaired) electrons. The van der Waals surface area contributed by atoms with Crippen molar-refractivity contribution in [1.82, 2.24) is 0 Å². The van der Waals surface area contributed by atoms with Gasteiger partial charge in [-0.1, -0.05) is 0 Å². The van der Waals surface area contributed by atoms with Gasteiger partial charge in [-0.3, -0.25) is 10.1 Å². The number of nitrogens with zero attached hydrogens (tertiary/aromatic N) is 2. The van der Waals surface area contributed by atoms with Crippen LogP contribution in [0.25, 0.3) is 0 Å². The van der Waals surface area contributed by atoms with Gasteiger partial charge in [-0.15, -0.1) is 11.6 Å². The Morgan fingerprint density at radius 1 is 1.65 bits per heavy atom. The number of nitro benzene ring substituents is 1. The van der Waals surface area contributed by atoms with E-state index in [9.17, 15) is 10.1 Å². The molecule has 0 fully saturated rings. The van der Waals surface area contributed by atoms with Crippen LogP contribution in [-0.4, -0.2) is 23.7 Å². The zero-order valence-corrected chi connectivity index (χ0v) is 10.2. The minimum atomic E-state index is -0.510. The lowest BCUT2D eigenvalue weighted by atomic mass is 10.1. The third kappa shape index (κ3) is 3.07. The van der Waals surface area contributed by atoms with Crippen molar-refractivity contribution in [3.8, 4) is 5.75 Å². The molecule has 0 aliphatic heterocycles. The first-order valence-electron chi connectivity index (χ1n) is 4.71. The second-order valence-corrected chi connectivity index (χ2v) is 3.57. The molecule has 0 aliphatic rings. The molecule has 7 heteroatoms. The Balaban J connectivity index is 3.32. The fourth-order valence-electron chi connectivity index (χ4n) is 1.27. The van der Waals surface area contributed by atoms with E-state index in [0.717, 1.165) is 0 Å². The number of hydrogen-bond donors (Lipinski definition) is 1. The number of halogens is 1. The van der Waals surface area contributed by atoms with Gasteiger partial charge in [0.05, 0.1) is 23.6 Å². The Morgan fingerprint density at radius 3 is 2.76 bits per heavy atom. The fraction of sp³-hybridized carbons (Fsp3) is 0.300. The van der Waals surface area contributed by atoms with E-state index < -0.39 is 4.92 Å². The van der Waals surface area contributed by atoms with Gasteiger partial charge in [0, 0.05) is 12.1 Å². The zero-order chi connectivity index (χ0) is 13.0. The average molecular weight is 258 g/mol. The van der Waals surface area contributed by atoms with Crippen LogP contribution < -0.4 is 10.5 Å². The number of nitrogens with two attached hydrogens (primary N) is 1. The lowest BCUT2D eigenvalue weighted by Crippen LogP contribution is -2.12. The van der Waals surface area contributed by atoms with Crippen molar-refractivity contribution in [1.29, 1.82) is 0 Å². The van der Waals surface area contributed by atoms with Crippen LogP contribution in [-0.2, 0) is 0 Å². The molecule has 0 heterocycles. The smallest absolute Gasteiger partial charge is 0.311 e. The van der Waals surface area contributed by atoms with Gasteiger partial charge >= 0.3 is 5.69 Å². The summed E-state index contributed by atoms with van der Waals surface area (Å²) < 4.78 is 4.93. The number of aryl methyl sites for hydroxylation is 1. The highest BCUT2D eigenvalue weighted by Crippen LogP contribution is 2.34. The van der Waals surface area contributed by atoms with Gasteiger partial charge in [0.2, 0.25) is 0 Å². The first kappa shape index (κ1) is 13.2. The number of rotatable bonds is 4. The van der Waals surface area contributed by atoms with Crippen molar-refractivity contribution in [2.75, 3.05) is 13.0 Å². The van der Waals surface area contributed by atoms with Crippen molar-refractivity contribution >= 4 is 28.8 Å². The van der Waals surface area contributed by atoms with Crippen molar-refractivity contribution in [3.63, 3.8) is 0 Å². The number of hydrogen-bond acceptors (Lipinski definition) is 4. The van der Waals surface area contributed by atoms with Crippen LogP contribution in [0.3, 0.4) is 0 Å². The van der Waals surface area contributed by atoms with Crippen molar-refractivity contribution < 1.29 is 9.66 Å². The Morgan fingerprint density at radius 2 is 2.29 bits per heavy atom. The number of nitro groups is 1. The van der Waals surface area contributed by atoms with Gasteiger partial charge in [0.25, 0.3) is 0 Å². The molecular weight excluding hydrogens is 246 g/mol. The molecule has 0 atom stereocenters. The van der Waals surface area contributed by atoms with Crippen LogP contribution in [0.1, 0.15) is 5.56 Å². The normalized spacial score (nSPS) is 11.4. The van der Waals surface area contributed by atoms with Crippen molar-refractivity contribution in [2.45, 2.75) is 6.92 Å². The summed E-state index contributed by atoms with van der Waals surface area (Å²) >= 11 is 5.51. The topological polar surface area (TPSA) is 90.8 Å². The molecule has 0 unspecified atom stereocenters. The summed E-state index contributed by atoms with van der Waals surface area (Å²) in [5.74, 6) is 0.478. The van der Waals surface area contributed by atoms with Gasteiger partial charge in [0.15, 0.2) is 5.75 Å². The minimum absolute atomic E-state index is 0.0960. The molecule has 0 spiro atoms. The zero-order valence-electron chi connectivity index (χ0n) is 9.44. The molecule has 1 aromatic rings. The van der Waals surface area contributed by atoms with E-state index in [4.69, 9.17) is 22.1 Å². The molecule has 0 aliphatic carbocycles. The fourth-order valence-corrected chi connectivity index (χ4v) is 1.33. The summed E-state index contributed by atoms with van der Waals surface area (Å²) in [6, 6.07) is 2.85. The summed E-state index contributed by atoms with van der Waals surface area (Å²) in [5, 5.41) is 10.8. The van der Waals surface area contributed by atoms with Crippen molar-refractivity contribution in [2.24, 2.45) is 10.7 Å². The second kappa shape index (κ2) is 5.49. The maximum absolute atomic E-state index is 10.8. The van der Waals surface area contributed by atoms with Crippen LogP contribution in [0.4, 0.5) is 11.4 Å². The van der Waals surface area contributed by atoms with Crippen LogP contribution >= 0.6 is 11.6 Å². The monoisotopic (exact) mass is 257 g/mol. The molecule has 0 saturated carbocycles. The molecule has 0 amide bonds. The first-order valence-corrected chi connectivity index (χ1v) is 5.25. The second-order valence-electron chi connectivity index (χ2n) is 3.30. The number of alkyl halides is 1. The summed E-state index contributed by atoms with van der Waals surface area (Å²) in [7, 11) is 1.36. The molecule has 0 saturated heterocycles. The molecular formula is C10H12ClN3O3. The van der Waals surface area contributed by atoms with E-state index in [1.807, 2.05) is 0 Å². The van der Waals surface area contributed by atoms with Crippen molar-refractivity contribution in [3.05, 3.63) is 27.8 Å². The largest absolute Gasteiger partial charge is 0.490 e. The van der Waals surface area contributed by atoms with E-state index in [0.29, 0.717) is 11.3 Å². The highest BCUT2D eigenvalue weighted by molar-refractivity contribution is 6.28. The summed E-state index contributed by atoms with van der Waals surface area (Å²) in [6.45, 7) is 1.70. The van der Waals surface area contributed by atoms with Crippen LogP contribution in [0, 0.1) is 17.0 Å². The quantitative estimate of drug-likeness (QED) is 0.294. The maximum Gasteiger partial charge on any atom is 0.311 e. The lowest BCUT2D eigenvalue weighted by molar-refractivity contribution is -0.385. The van der Waals surface area contributed by atoms with Crippen LogP contribution in [0.2, 0.25) is 0 Å². The molecule has 92 valence electrons. The summed E-state index contributed by atoms with van der Waals surface area (Å²) in [5.41, 5.74) is 6.54. The predicted molar refractivity (Wildman–Crippen MR) is 66.4 cm³/mol. The molecule has 1 rings (SSSR count). The lowest BCUT2D eigenvalue weighted by Gasteiger charge is -2.06. The molecule has 17 heavy (non-hydrogen) atoms. The van der Waals surface area contributed by atoms with Gasteiger partial charge in [-0.25, -0.2) is 4.99 Å². The van der Waals surface area contributed by atoms with E-state index in [1.165, 1.54) is 19.2 Å². The number of amidine groups is 1. The van der Waals surface area contributed by atoms with E-state index in [1.54, 1.807) is 6.92 Å². The molecule has 6 nitrogen and oxygen atoms in total. The third-order valence-corrected chi connectivity index (χ3v) is 2.37. The Labute approximate surface area is 103 Å².